The maximum absolute atomic E-state index is 2.65. The van der Waals surface area contributed by atoms with Crippen molar-refractivity contribution in [2.24, 2.45) is 23.7 Å². The van der Waals surface area contributed by atoms with E-state index >= 15 is 0 Å². The Bertz CT molecular complexity index is 2440. The molecule has 6 aromatic rings. The van der Waals surface area contributed by atoms with Gasteiger partial charge in [0.25, 0.3) is 0 Å². The standard InChI is InChI=1S/C53H51N/c1-51(2,3)35-21-23-38(24-22-35)54(49-20-11-8-15-43(49)45-17-12-16-44-41-14-6-9-18-46(41)52(4,5)50(44)45)39-25-26-42-40-13-7-10-19-47(40)53(48(42)32-39)36-28-33-27-34(30-36)31-37(53)29-33/h6-26,32-34,36-37H,27-31H2,1-5H3. The lowest BCUT2D eigenvalue weighted by Gasteiger charge is -2.61. The third-order valence-electron chi connectivity index (χ3n) is 14.8. The van der Waals surface area contributed by atoms with E-state index in [2.05, 4.69) is 173 Å². The zero-order valence-corrected chi connectivity index (χ0v) is 32.5. The Hall–Kier alpha value is -4.88. The lowest BCUT2D eigenvalue weighted by atomic mass is 9.43. The highest BCUT2D eigenvalue weighted by atomic mass is 15.1. The molecule has 6 aromatic carbocycles. The number of para-hydroxylation sites is 1. The van der Waals surface area contributed by atoms with Crippen LogP contribution in [0.3, 0.4) is 0 Å². The Balaban J connectivity index is 1.14. The minimum absolute atomic E-state index is 0.0810. The van der Waals surface area contributed by atoms with E-state index in [0.717, 1.165) is 23.7 Å². The third kappa shape index (κ3) is 4.39. The molecule has 6 aliphatic carbocycles. The van der Waals surface area contributed by atoms with Crippen molar-refractivity contribution >= 4 is 17.1 Å². The molecule has 0 unspecified atom stereocenters. The van der Waals surface area contributed by atoms with Gasteiger partial charge < -0.3 is 4.90 Å². The number of fused-ring (bicyclic) bond motifs is 6. The SMILES string of the molecule is CC(C)(C)c1ccc(N(c2ccc3c(c2)C2(c4ccccc4-3)C3CC4CC(C3)CC2C4)c2ccccc2-c2cccc3c2C(C)(C)c2ccccc2-3)cc1. The average molecular weight is 702 g/mol. The van der Waals surface area contributed by atoms with Gasteiger partial charge in [-0.1, -0.05) is 138 Å². The highest BCUT2D eigenvalue weighted by molar-refractivity contribution is 5.95. The fourth-order valence-corrected chi connectivity index (χ4v) is 12.8. The molecular weight excluding hydrogens is 651 g/mol. The Morgan fingerprint density at radius 1 is 0.481 bits per heavy atom. The smallest absolute Gasteiger partial charge is 0.0540 e. The van der Waals surface area contributed by atoms with Gasteiger partial charge in [0, 0.05) is 27.8 Å². The number of benzene rings is 6. The molecule has 1 spiro atoms. The molecule has 4 bridgehead atoms. The molecule has 54 heavy (non-hydrogen) atoms. The van der Waals surface area contributed by atoms with Crippen LogP contribution in [0.25, 0.3) is 33.4 Å². The van der Waals surface area contributed by atoms with E-state index in [-0.39, 0.29) is 16.2 Å². The van der Waals surface area contributed by atoms with Crippen LogP contribution in [0.1, 0.15) is 94.5 Å². The van der Waals surface area contributed by atoms with Crippen molar-refractivity contribution in [1.29, 1.82) is 0 Å². The molecule has 1 nitrogen and oxygen atoms in total. The van der Waals surface area contributed by atoms with Crippen molar-refractivity contribution in [3.8, 4) is 33.4 Å². The summed E-state index contributed by atoms with van der Waals surface area (Å²) in [5.74, 6) is 3.30. The molecule has 0 atom stereocenters. The molecule has 12 rings (SSSR count). The highest BCUT2D eigenvalue weighted by Gasteiger charge is 2.61. The lowest BCUT2D eigenvalue weighted by Crippen LogP contribution is -2.55. The van der Waals surface area contributed by atoms with Crippen molar-refractivity contribution in [3.63, 3.8) is 0 Å². The molecule has 268 valence electrons. The summed E-state index contributed by atoms with van der Waals surface area (Å²) in [6.07, 6.45) is 7.04. The van der Waals surface area contributed by atoms with Crippen LogP contribution < -0.4 is 4.90 Å². The molecule has 1 heteroatoms. The fourth-order valence-electron chi connectivity index (χ4n) is 12.8. The second-order valence-corrected chi connectivity index (χ2v) is 19.0. The van der Waals surface area contributed by atoms with E-state index in [1.54, 1.807) is 11.1 Å². The Labute approximate surface area is 322 Å². The molecular formula is C53H51N. The fraction of sp³-hybridized carbons (Fsp3) is 0.321. The van der Waals surface area contributed by atoms with Gasteiger partial charge in [-0.05, 0) is 147 Å². The van der Waals surface area contributed by atoms with Crippen molar-refractivity contribution in [3.05, 3.63) is 161 Å². The van der Waals surface area contributed by atoms with Gasteiger partial charge >= 0.3 is 0 Å². The first-order valence-electron chi connectivity index (χ1n) is 20.6. The van der Waals surface area contributed by atoms with Crippen LogP contribution in [0.2, 0.25) is 0 Å². The second-order valence-electron chi connectivity index (χ2n) is 19.0. The summed E-state index contributed by atoms with van der Waals surface area (Å²) in [5, 5.41) is 0. The third-order valence-corrected chi connectivity index (χ3v) is 14.8. The summed E-state index contributed by atoms with van der Waals surface area (Å²) in [5.41, 5.74) is 19.5. The maximum atomic E-state index is 2.65. The van der Waals surface area contributed by atoms with Crippen LogP contribution in [-0.4, -0.2) is 0 Å². The summed E-state index contributed by atoms with van der Waals surface area (Å²) in [4.78, 5) is 2.59. The van der Waals surface area contributed by atoms with Crippen molar-refractivity contribution in [1.82, 2.24) is 0 Å². The van der Waals surface area contributed by atoms with E-state index in [0.29, 0.717) is 0 Å². The van der Waals surface area contributed by atoms with Crippen LogP contribution in [0.4, 0.5) is 17.1 Å². The lowest BCUT2D eigenvalue weighted by molar-refractivity contribution is -0.0399. The topological polar surface area (TPSA) is 3.24 Å². The van der Waals surface area contributed by atoms with Crippen LogP contribution in [0.5, 0.6) is 0 Å². The molecule has 0 amide bonds. The van der Waals surface area contributed by atoms with E-state index in [1.165, 1.54) is 99.2 Å². The molecule has 4 saturated carbocycles. The van der Waals surface area contributed by atoms with Gasteiger partial charge in [-0.3, -0.25) is 0 Å². The van der Waals surface area contributed by atoms with E-state index < -0.39 is 0 Å². The van der Waals surface area contributed by atoms with Gasteiger partial charge in [0.05, 0.1) is 5.69 Å². The predicted molar refractivity (Wildman–Crippen MR) is 226 cm³/mol. The molecule has 0 aromatic heterocycles. The van der Waals surface area contributed by atoms with E-state index in [1.807, 2.05) is 0 Å². The summed E-state index contributed by atoms with van der Waals surface area (Å²) < 4.78 is 0. The number of nitrogens with zero attached hydrogens (tertiary/aromatic N) is 1. The number of anilines is 3. The first kappa shape index (κ1) is 32.5. The van der Waals surface area contributed by atoms with Crippen LogP contribution in [0.15, 0.2) is 133 Å². The Morgan fingerprint density at radius 3 is 1.67 bits per heavy atom. The summed E-state index contributed by atoms with van der Waals surface area (Å²) in [6.45, 7) is 11.8. The van der Waals surface area contributed by atoms with Gasteiger partial charge in [-0.25, -0.2) is 0 Å². The predicted octanol–water partition coefficient (Wildman–Crippen LogP) is 14.1. The maximum Gasteiger partial charge on any atom is 0.0540 e. The normalized spacial score (nSPS) is 25.0. The summed E-state index contributed by atoms with van der Waals surface area (Å²) in [6, 6.07) is 51.7. The average Bonchev–Trinajstić information content (AvgIpc) is 3.59. The minimum Gasteiger partial charge on any atom is -0.310 e. The van der Waals surface area contributed by atoms with Crippen molar-refractivity contribution in [2.75, 3.05) is 4.90 Å². The first-order chi connectivity index (χ1) is 26.1. The Kier molecular flexibility index (Phi) is 6.83. The number of hydrogen-bond acceptors (Lipinski definition) is 1. The van der Waals surface area contributed by atoms with Crippen molar-refractivity contribution in [2.45, 2.75) is 83.0 Å². The molecule has 4 fully saturated rings. The number of hydrogen-bond donors (Lipinski definition) is 0. The molecule has 0 radical (unpaired) electrons. The molecule has 6 aliphatic rings. The zero-order chi connectivity index (χ0) is 36.6. The van der Waals surface area contributed by atoms with Crippen LogP contribution in [-0.2, 0) is 16.2 Å². The molecule has 0 heterocycles. The van der Waals surface area contributed by atoms with Crippen molar-refractivity contribution < 1.29 is 0 Å². The van der Waals surface area contributed by atoms with Crippen LogP contribution >= 0.6 is 0 Å². The molecule has 0 N–H and O–H groups in total. The van der Waals surface area contributed by atoms with Gasteiger partial charge in [0.1, 0.15) is 0 Å². The number of rotatable bonds is 4. The van der Waals surface area contributed by atoms with Gasteiger partial charge in [0.15, 0.2) is 0 Å². The monoisotopic (exact) mass is 701 g/mol. The molecule has 0 aliphatic heterocycles. The van der Waals surface area contributed by atoms with E-state index in [4.69, 9.17) is 0 Å². The van der Waals surface area contributed by atoms with Gasteiger partial charge in [-0.15, -0.1) is 0 Å². The minimum atomic E-state index is -0.111. The van der Waals surface area contributed by atoms with Gasteiger partial charge in [-0.2, -0.15) is 0 Å². The Morgan fingerprint density at radius 2 is 1.00 bits per heavy atom. The van der Waals surface area contributed by atoms with E-state index in [9.17, 15) is 0 Å². The molecule has 0 saturated heterocycles. The highest BCUT2D eigenvalue weighted by Crippen LogP contribution is 2.69. The quantitative estimate of drug-likeness (QED) is 0.177. The largest absolute Gasteiger partial charge is 0.310 e. The van der Waals surface area contributed by atoms with Gasteiger partial charge in [0.2, 0.25) is 0 Å². The second kappa shape index (κ2) is 11.3. The van der Waals surface area contributed by atoms with Crippen LogP contribution in [0, 0.1) is 23.7 Å². The first-order valence-corrected chi connectivity index (χ1v) is 20.6. The summed E-state index contributed by atoms with van der Waals surface area (Å²) in [7, 11) is 0. The zero-order valence-electron chi connectivity index (χ0n) is 32.5. The summed E-state index contributed by atoms with van der Waals surface area (Å²) >= 11 is 0.